The van der Waals surface area contributed by atoms with E-state index in [4.69, 9.17) is 4.74 Å². The van der Waals surface area contributed by atoms with E-state index < -0.39 is 0 Å². The quantitative estimate of drug-likeness (QED) is 0.793. The summed E-state index contributed by atoms with van der Waals surface area (Å²) in [6.07, 6.45) is 0. The molecule has 0 saturated heterocycles. The summed E-state index contributed by atoms with van der Waals surface area (Å²) in [6, 6.07) is 11.2. The van der Waals surface area contributed by atoms with Crippen molar-refractivity contribution in [3.8, 4) is 0 Å². The van der Waals surface area contributed by atoms with Crippen molar-refractivity contribution in [2.24, 2.45) is 0 Å². The van der Waals surface area contributed by atoms with Gasteiger partial charge in [-0.05, 0) is 25.1 Å². The van der Waals surface area contributed by atoms with Crippen molar-refractivity contribution >= 4 is 17.5 Å². The molecular weight excluding hydrogens is 268 g/mol. The lowest BCUT2D eigenvalue weighted by atomic mass is 10.3. The molecule has 6 nitrogen and oxygen atoms in total. The maximum absolute atomic E-state index is 12.0. The van der Waals surface area contributed by atoms with Crippen molar-refractivity contribution in [2.45, 2.75) is 6.92 Å². The van der Waals surface area contributed by atoms with E-state index in [1.807, 2.05) is 37.3 Å². The highest BCUT2D eigenvalue weighted by molar-refractivity contribution is 5.92. The van der Waals surface area contributed by atoms with Gasteiger partial charge in [0, 0.05) is 25.0 Å². The Morgan fingerprint density at radius 3 is 2.71 bits per heavy atom. The van der Waals surface area contributed by atoms with Gasteiger partial charge in [-0.2, -0.15) is 0 Å². The highest BCUT2D eigenvalue weighted by Crippen LogP contribution is 2.13. The first kappa shape index (κ1) is 14.9. The molecule has 1 aromatic carbocycles. The molecule has 0 bridgehead atoms. The molecule has 1 aromatic heterocycles. The second-order valence-corrected chi connectivity index (χ2v) is 4.46. The lowest BCUT2D eigenvalue weighted by molar-refractivity contribution is 0.0932. The number of aromatic nitrogens is 2. The van der Waals surface area contributed by atoms with Gasteiger partial charge in [-0.3, -0.25) is 4.79 Å². The van der Waals surface area contributed by atoms with Gasteiger partial charge < -0.3 is 15.4 Å². The molecule has 6 heteroatoms. The molecular formula is C15H18N4O2. The van der Waals surface area contributed by atoms with Crippen molar-refractivity contribution in [1.29, 1.82) is 0 Å². The number of para-hydroxylation sites is 1. The Balaban J connectivity index is 2.11. The van der Waals surface area contributed by atoms with E-state index >= 15 is 0 Å². The van der Waals surface area contributed by atoms with Crippen LogP contribution in [0.5, 0.6) is 0 Å². The maximum Gasteiger partial charge on any atom is 0.270 e. The molecule has 110 valence electrons. The Labute approximate surface area is 123 Å². The summed E-state index contributed by atoms with van der Waals surface area (Å²) in [7, 11) is 1.59. The number of anilines is 2. The molecule has 0 aliphatic carbocycles. The smallest absolute Gasteiger partial charge is 0.270 e. The van der Waals surface area contributed by atoms with Crippen LogP contribution in [0.4, 0.5) is 11.6 Å². The van der Waals surface area contributed by atoms with E-state index in [0.29, 0.717) is 24.8 Å². The Kier molecular flexibility index (Phi) is 5.22. The summed E-state index contributed by atoms with van der Waals surface area (Å²) in [5.74, 6) is 0.159. The van der Waals surface area contributed by atoms with Crippen LogP contribution < -0.4 is 10.6 Å². The number of ether oxygens (including phenoxy) is 1. The topological polar surface area (TPSA) is 76.1 Å². The van der Waals surface area contributed by atoms with Crippen LogP contribution in [0.15, 0.2) is 36.4 Å². The largest absolute Gasteiger partial charge is 0.383 e. The third-order valence-electron chi connectivity index (χ3n) is 2.71. The Bertz CT molecular complexity index is 602. The van der Waals surface area contributed by atoms with Gasteiger partial charge >= 0.3 is 0 Å². The van der Waals surface area contributed by atoms with Gasteiger partial charge in [-0.15, -0.1) is 0 Å². The van der Waals surface area contributed by atoms with E-state index in [1.165, 1.54) is 0 Å². The zero-order chi connectivity index (χ0) is 15.1. The summed E-state index contributed by atoms with van der Waals surface area (Å²) < 4.78 is 4.89. The number of hydrogen-bond acceptors (Lipinski definition) is 5. The van der Waals surface area contributed by atoms with Crippen LogP contribution in [-0.2, 0) is 4.74 Å². The molecule has 21 heavy (non-hydrogen) atoms. The second-order valence-electron chi connectivity index (χ2n) is 4.46. The minimum Gasteiger partial charge on any atom is -0.383 e. The lowest BCUT2D eigenvalue weighted by Gasteiger charge is -2.08. The van der Waals surface area contributed by atoms with Crippen LogP contribution in [0, 0.1) is 6.92 Å². The molecule has 0 atom stereocenters. The van der Waals surface area contributed by atoms with Gasteiger partial charge in [-0.1, -0.05) is 18.2 Å². The Morgan fingerprint density at radius 1 is 1.24 bits per heavy atom. The van der Waals surface area contributed by atoms with Gasteiger partial charge in [0.05, 0.1) is 6.61 Å². The molecule has 2 N–H and O–H groups in total. The van der Waals surface area contributed by atoms with Crippen LogP contribution in [0.2, 0.25) is 0 Å². The fraction of sp³-hybridized carbons (Fsp3) is 0.267. The predicted molar refractivity (Wildman–Crippen MR) is 80.7 cm³/mol. The van der Waals surface area contributed by atoms with Gasteiger partial charge in [-0.25, -0.2) is 9.97 Å². The van der Waals surface area contributed by atoms with Crippen molar-refractivity contribution < 1.29 is 9.53 Å². The fourth-order valence-electron chi connectivity index (χ4n) is 1.75. The average Bonchev–Trinajstić information content (AvgIpc) is 2.48. The lowest BCUT2D eigenvalue weighted by Crippen LogP contribution is -2.28. The highest BCUT2D eigenvalue weighted by Gasteiger charge is 2.10. The van der Waals surface area contributed by atoms with Gasteiger partial charge in [0.1, 0.15) is 5.69 Å². The molecule has 2 aromatic rings. The number of nitrogens with zero attached hydrogens (tertiary/aromatic N) is 2. The van der Waals surface area contributed by atoms with E-state index in [0.717, 1.165) is 11.4 Å². The third-order valence-corrected chi connectivity index (χ3v) is 2.71. The molecule has 0 radical (unpaired) electrons. The minimum atomic E-state index is -0.242. The number of amides is 1. The number of benzene rings is 1. The molecule has 0 aliphatic heterocycles. The van der Waals surface area contributed by atoms with E-state index in [-0.39, 0.29) is 5.91 Å². The zero-order valence-electron chi connectivity index (χ0n) is 12.1. The van der Waals surface area contributed by atoms with Crippen molar-refractivity contribution in [1.82, 2.24) is 15.3 Å². The minimum absolute atomic E-state index is 0.242. The van der Waals surface area contributed by atoms with Crippen molar-refractivity contribution in [3.05, 3.63) is 47.8 Å². The highest BCUT2D eigenvalue weighted by atomic mass is 16.5. The summed E-state index contributed by atoms with van der Waals surface area (Å²) in [4.78, 5) is 20.5. The normalized spacial score (nSPS) is 10.2. The molecule has 1 heterocycles. The monoisotopic (exact) mass is 286 g/mol. The van der Waals surface area contributed by atoms with Crippen LogP contribution in [-0.4, -0.2) is 36.1 Å². The van der Waals surface area contributed by atoms with E-state index in [1.54, 1.807) is 13.2 Å². The number of rotatable bonds is 6. The first-order valence-corrected chi connectivity index (χ1v) is 6.64. The fourth-order valence-corrected chi connectivity index (χ4v) is 1.75. The van der Waals surface area contributed by atoms with Crippen molar-refractivity contribution in [3.63, 3.8) is 0 Å². The average molecular weight is 286 g/mol. The van der Waals surface area contributed by atoms with E-state index in [2.05, 4.69) is 20.6 Å². The van der Waals surface area contributed by atoms with Gasteiger partial charge in [0.25, 0.3) is 5.91 Å². The summed E-state index contributed by atoms with van der Waals surface area (Å²) in [5.41, 5.74) is 1.92. The van der Waals surface area contributed by atoms with Crippen LogP contribution in [0.1, 0.15) is 16.2 Å². The van der Waals surface area contributed by atoms with Crippen LogP contribution in [0.25, 0.3) is 0 Å². The Hall–Kier alpha value is -2.47. The summed E-state index contributed by atoms with van der Waals surface area (Å²) in [5, 5.41) is 5.82. The van der Waals surface area contributed by atoms with E-state index in [9.17, 15) is 4.79 Å². The number of nitrogens with one attached hydrogen (secondary N) is 2. The number of hydrogen-bond donors (Lipinski definition) is 2. The third kappa shape index (κ3) is 4.54. The molecule has 0 aliphatic rings. The van der Waals surface area contributed by atoms with Crippen LogP contribution in [0.3, 0.4) is 0 Å². The summed E-state index contributed by atoms with van der Waals surface area (Å²) >= 11 is 0. The van der Waals surface area contributed by atoms with Gasteiger partial charge in [0.2, 0.25) is 5.95 Å². The first-order valence-electron chi connectivity index (χ1n) is 6.64. The molecule has 1 amide bonds. The van der Waals surface area contributed by atoms with Crippen molar-refractivity contribution in [2.75, 3.05) is 25.6 Å². The predicted octanol–water partition coefficient (Wildman–Crippen LogP) is 1.90. The van der Waals surface area contributed by atoms with Gasteiger partial charge in [0.15, 0.2) is 0 Å². The second kappa shape index (κ2) is 7.35. The molecule has 0 unspecified atom stereocenters. The summed E-state index contributed by atoms with van der Waals surface area (Å²) in [6.45, 7) is 2.73. The number of methoxy groups -OCH3 is 1. The number of aryl methyl sites for hydroxylation is 1. The molecule has 0 saturated carbocycles. The molecule has 0 spiro atoms. The van der Waals surface area contributed by atoms with Crippen LogP contribution >= 0.6 is 0 Å². The number of carbonyl (C=O) groups is 1. The zero-order valence-corrected chi connectivity index (χ0v) is 12.1. The molecule has 2 rings (SSSR count). The first-order chi connectivity index (χ1) is 10.2. The SMILES string of the molecule is COCCNC(=O)c1cc(C)nc(Nc2ccccc2)n1. The standard InChI is InChI=1S/C15H18N4O2/c1-11-10-13(14(20)16-8-9-21-2)19-15(17-11)18-12-6-4-3-5-7-12/h3-7,10H,8-9H2,1-2H3,(H,16,20)(H,17,18,19). The number of carbonyl (C=O) groups excluding carboxylic acids is 1. The Morgan fingerprint density at radius 2 is 2.00 bits per heavy atom. The maximum atomic E-state index is 12.0. The molecule has 0 fully saturated rings.